The molecule has 2 N–H and O–H groups in total. The SMILES string of the molecule is C/C(=C(\ON)c1c(C2CC2)cccc1-n1nnn(C)c1=O)c1cccc([N+](=O)[O-])c1. The van der Waals surface area contributed by atoms with Crippen molar-refractivity contribution in [1.29, 1.82) is 0 Å². The van der Waals surface area contributed by atoms with Crippen LogP contribution in [-0.4, -0.2) is 24.7 Å². The van der Waals surface area contributed by atoms with Crippen LogP contribution in [-0.2, 0) is 11.9 Å². The van der Waals surface area contributed by atoms with Crippen LogP contribution in [0.5, 0.6) is 0 Å². The first kappa shape index (κ1) is 19.5. The lowest BCUT2D eigenvalue weighted by Crippen LogP contribution is -2.23. The smallest absolute Gasteiger partial charge is 0.368 e. The minimum Gasteiger partial charge on any atom is -0.410 e. The Bertz CT molecular complexity index is 1220. The molecule has 1 aliphatic carbocycles. The molecule has 0 radical (unpaired) electrons. The number of hydrogen-bond acceptors (Lipinski definition) is 7. The number of allylic oxidation sites excluding steroid dienone is 1. The maximum atomic E-state index is 12.5. The zero-order valence-electron chi connectivity index (χ0n) is 16.5. The summed E-state index contributed by atoms with van der Waals surface area (Å²) in [5.74, 6) is 6.34. The molecule has 30 heavy (non-hydrogen) atoms. The number of aryl methyl sites for hydroxylation is 1. The minimum atomic E-state index is -0.456. The van der Waals surface area contributed by atoms with Crippen molar-refractivity contribution < 1.29 is 9.76 Å². The van der Waals surface area contributed by atoms with Crippen molar-refractivity contribution in [3.05, 3.63) is 79.8 Å². The highest BCUT2D eigenvalue weighted by molar-refractivity contribution is 5.90. The summed E-state index contributed by atoms with van der Waals surface area (Å²) in [4.78, 5) is 28.6. The third-order valence-electron chi connectivity index (χ3n) is 5.22. The summed E-state index contributed by atoms with van der Waals surface area (Å²) >= 11 is 0. The van der Waals surface area contributed by atoms with E-state index in [-0.39, 0.29) is 5.69 Å². The average Bonchev–Trinajstić information content (AvgIpc) is 3.54. The molecule has 1 saturated carbocycles. The summed E-state index contributed by atoms with van der Waals surface area (Å²) in [5.41, 5.74) is 2.85. The predicted molar refractivity (Wildman–Crippen MR) is 109 cm³/mol. The largest absolute Gasteiger partial charge is 0.410 e. The Hall–Kier alpha value is -3.79. The molecule has 0 atom stereocenters. The van der Waals surface area contributed by atoms with E-state index in [4.69, 9.17) is 10.7 Å². The zero-order valence-corrected chi connectivity index (χ0v) is 16.5. The fourth-order valence-corrected chi connectivity index (χ4v) is 3.50. The molecule has 1 heterocycles. The van der Waals surface area contributed by atoms with E-state index in [1.807, 2.05) is 12.1 Å². The van der Waals surface area contributed by atoms with Crippen LogP contribution < -0.4 is 11.6 Å². The molecule has 1 fully saturated rings. The number of nitrogens with two attached hydrogens (primary N) is 1. The van der Waals surface area contributed by atoms with Crippen LogP contribution in [0.4, 0.5) is 5.69 Å². The van der Waals surface area contributed by atoms with E-state index in [9.17, 15) is 14.9 Å². The van der Waals surface area contributed by atoms with Gasteiger partial charge in [-0.3, -0.25) is 10.1 Å². The van der Waals surface area contributed by atoms with Gasteiger partial charge in [-0.25, -0.2) is 4.79 Å². The van der Waals surface area contributed by atoms with Crippen molar-refractivity contribution in [2.45, 2.75) is 25.7 Å². The second-order valence-electron chi connectivity index (χ2n) is 7.19. The topological polar surface area (TPSA) is 131 Å². The van der Waals surface area contributed by atoms with Gasteiger partial charge in [0.05, 0.1) is 10.6 Å². The molecule has 0 bridgehead atoms. The van der Waals surface area contributed by atoms with Gasteiger partial charge in [0.2, 0.25) is 0 Å². The summed E-state index contributed by atoms with van der Waals surface area (Å²) in [6.07, 6.45) is 2.03. The number of benzene rings is 2. The van der Waals surface area contributed by atoms with Gasteiger partial charge in [-0.15, -0.1) is 0 Å². The maximum Gasteiger partial charge on any atom is 0.368 e. The number of non-ortho nitro benzene ring substituents is 1. The second kappa shape index (κ2) is 7.56. The molecule has 1 aliphatic rings. The van der Waals surface area contributed by atoms with Crippen LogP contribution >= 0.6 is 0 Å². The summed E-state index contributed by atoms with van der Waals surface area (Å²) in [6, 6.07) is 11.8. The van der Waals surface area contributed by atoms with E-state index in [2.05, 4.69) is 10.4 Å². The monoisotopic (exact) mass is 408 g/mol. The van der Waals surface area contributed by atoms with Gasteiger partial charge in [0.25, 0.3) is 5.69 Å². The number of nitrogens with zero attached hydrogens (tertiary/aromatic N) is 5. The fraction of sp³-hybridized carbons (Fsp3) is 0.250. The lowest BCUT2D eigenvalue weighted by atomic mass is 9.95. The highest BCUT2D eigenvalue weighted by Crippen LogP contribution is 2.45. The third kappa shape index (κ3) is 3.37. The quantitative estimate of drug-likeness (QED) is 0.287. The number of aromatic nitrogens is 4. The molecular formula is C20H20N6O4. The Morgan fingerprint density at radius 1 is 1.23 bits per heavy atom. The highest BCUT2D eigenvalue weighted by Gasteiger charge is 2.31. The van der Waals surface area contributed by atoms with Gasteiger partial charge < -0.3 is 4.84 Å². The molecule has 0 amide bonds. The molecule has 4 rings (SSSR count). The lowest BCUT2D eigenvalue weighted by molar-refractivity contribution is -0.384. The van der Waals surface area contributed by atoms with Crippen LogP contribution in [0.3, 0.4) is 0 Å². The van der Waals surface area contributed by atoms with Crippen molar-refractivity contribution in [1.82, 2.24) is 19.8 Å². The molecule has 154 valence electrons. The van der Waals surface area contributed by atoms with E-state index in [0.717, 1.165) is 23.1 Å². The Morgan fingerprint density at radius 2 is 1.97 bits per heavy atom. The van der Waals surface area contributed by atoms with Gasteiger partial charge in [-0.05, 0) is 53.3 Å². The summed E-state index contributed by atoms with van der Waals surface area (Å²) in [6.45, 7) is 1.77. The normalized spacial score (nSPS) is 14.4. The molecule has 0 spiro atoms. The molecule has 0 unspecified atom stereocenters. The number of nitro benzene ring substituents is 1. The first-order valence-electron chi connectivity index (χ1n) is 9.37. The molecule has 1 aromatic heterocycles. The zero-order chi connectivity index (χ0) is 21.4. The first-order valence-corrected chi connectivity index (χ1v) is 9.37. The van der Waals surface area contributed by atoms with Crippen LogP contribution in [0, 0.1) is 10.1 Å². The summed E-state index contributed by atoms with van der Waals surface area (Å²) in [7, 11) is 1.51. The number of tetrazole rings is 1. The second-order valence-corrected chi connectivity index (χ2v) is 7.19. The van der Waals surface area contributed by atoms with Crippen LogP contribution in [0.25, 0.3) is 17.0 Å². The Labute approximate surface area is 171 Å². The molecule has 0 saturated heterocycles. The van der Waals surface area contributed by atoms with E-state index < -0.39 is 10.6 Å². The average molecular weight is 408 g/mol. The van der Waals surface area contributed by atoms with Crippen molar-refractivity contribution in [2.24, 2.45) is 12.9 Å². The molecule has 10 nitrogen and oxygen atoms in total. The van der Waals surface area contributed by atoms with Crippen molar-refractivity contribution >= 4 is 17.0 Å². The highest BCUT2D eigenvalue weighted by atomic mass is 16.6. The van der Waals surface area contributed by atoms with Crippen molar-refractivity contribution in [3.8, 4) is 5.69 Å². The first-order chi connectivity index (χ1) is 14.4. The fourth-order valence-electron chi connectivity index (χ4n) is 3.50. The van der Waals surface area contributed by atoms with Crippen molar-refractivity contribution in [2.75, 3.05) is 0 Å². The van der Waals surface area contributed by atoms with Gasteiger partial charge in [0, 0.05) is 30.3 Å². The van der Waals surface area contributed by atoms with Gasteiger partial charge in [-0.2, -0.15) is 15.3 Å². The Kier molecular flexibility index (Phi) is 4.92. The Morgan fingerprint density at radius 3 is 2.57 bits per heavy atom. The maximum absolute atomic E-state index is 12.5. The lowest BCUT2D eigenvalue weighted by Gasteiger charge is -2.18. The molecule has 0 aliphatic heterocycles. The van der Waals surface area contributed by atoms with Gasteiger partial charge in [-0.1, -0.05) is 24.3 Å². The van der Waals surface area contributed by atoms with Gasteiger partial charge in [0.15, 0.2) is 5.76 Å². The Balaban J connectivity index is 1.98. The van der Waals surface area contributed by atoms with Crippen molar-refractivity contribution in [3.63, 3.8) is 0 Å². The summed E-state index contributed by atoms with van der Waals surface area (Å²) < 4.78 is 2.33. The van der Waals surface area contributed by atoms with Gasteiger partial charge >= 0.3 is 5.69 Å². The number of rotatable bonds is 6. The number of hydrogen-bond donors (Lipinski definition) is 1. The van der Waals surface area contributed by atoms with E-state index in [1.165, 1.54) is 23.9 Å². The van der Waals surface area contributed by atoms with E-state index >= 15 is 0 Å². The number of nitro groups is 1. The van der Waals surface area contributed by atoms with E-state index in [0.29, 0.717) is 34.1 Å². The third-order valence-corrected chi connectivity index (χ3v) is 5.22. The summed E-state index contributed by atoms with van der Waals surface area (Å²) in [5, 5.41) is 19.0. The predicted octanol–water partition coefficient (Wildman–Crippen LogP) is 2.53. The molecule has 3 aromatic rings. The minimum absolute atomic E-state index is 0.0379. The molecule has 2 aromatic carbocycles. The van der Waals surface area contributed by atoms with E-state index in [1.54, 1.807) is 25.1 Å². The van der Waals surface area contributed by atoms with Gasteiger partial charge in [0.1, 0.15) is 0 Å². The van der Waals surface area contributed by atoms with Crippen LogP contribution in [0.2, 0.25) is 0 Å². The van der Waals surface area contributed by atoms with Crippen LogP contribution in [0.15, 0.2) is 47.3 Å². The van der Waals surface area contributed by atoms with Crippen LogP contribution in [0.1, 0.15) is 42.4 Å². The standard InChI is InChI=1S/C20H20N6O4/c1-12(14-5-3-6-15(11-14)26(28)29)19(30-21)18-16(13-9-10-13)7-4-8-17(18)25-20(27)24(2)22-23-25/h3-8,11,13H,9-10,21H2,1-2H3/b19-12+. The molecular weight excluding hydrogens is 388 g/mol. The molecule has 10 heteroatoms.